The van der Waals surface area contributed by atoms with Crippen molar-refractivity contribution in [3.63, 3.8) is 0 Å². The number of hydrogen-bond acceptors (Lipinski definition) is 4. The van der Waals surface area contributed by atoms with Crippen molar-refractivity contribution in [1.29, 1.82) is 0 Å². The minimum Gasteiger partial charge on any atom is -0.493 e. The Morgan fingerprint density at radius 1 is 1.04 bits per heavy atom. The van der Waals surface area contributed by atoms with Gasteiger partial charge in [0.05, 0.1) is 27.3 Å². The number of hydrogen-bond donors (Lipinski definition) is 2. The summed E-state index contributed by atoms with van der Waals surface area (Å²) < 4.78 is 41.6. The van der Waals surface area contributed by atoms with E-state index in [1.165, 1.54) is 6.07 Å². The first-order valence-corrected chi connectivity index (χ1v) is 7.86. The number of aliphatic imine (C=N–C) groups is 1. The molecule has 8 heteroatoms. The third-order valence-electron chi connectivity index (χ3n) is 3.45. The molecule has 0 radical (unpaired) electrons. The number of nitrogens with zero attached hydrogens (tertiary/aromatic N) is 1. The van der Waals surface area contributed by atoms with Crippen molar-refractivity contribution < 1.29 is 23.0 Å². The van der Waals surface area contributed by atoms with E-state index in [-0.39, 0.29) is 18.3 Å². The summed E-state index contributed by atoms with van der Waals surface area (Å²) in [6, 6.07) is 8.84. The fraction of sp³-hybridized carbons (Fsp3) is 0.278. The fourth-order valence-corrected chi connectivity index (χ4v) is 2.13. The van der Waals surface area contributed by atoms with Crippen LogP contribution >= 0.6 is 0 Å². The average Bonchev–Trinajstić information content (AvgIpc) is 2.66. The lowest BCUT2D eigenvalue weighted by atomic mass is 10.2. The predicted octanol–water partition coefficient (Wildman–Crippen LogP) is 2.47. The smallest absolute Gasteiger partial charge is 0.189 e. The SMILES string of the molecule is COc1ccc(CN=C(N)NCCOc2ccc(F)c(F)c2)cc1OC. The number of nitrogens with two attached hydrogens (primary N) is 1. The fourth-order valence-electron chi connectivity index (χ4n) is 2.13. The summed E-state index contributed by atoms with van der Waals surface area (Å²) in [6.07, 6.45) is 0. The molecule has 0 bridgehead atoms. The Balaban J connectivity index is 1.78. The van der Waals surface area contributed by atoms with E-state index < -0.39 is 11.6 Å². The van der Waals surface area contributed by atoms with Gasteiger partial charge in [0.1, 0.15) is 12.4 Å². The van der Waals surface area contributed by atoms with Gasteiger partial charge < -0.3 is 25.3 Å². The van der Waals surface area contributed by atoms with Crippen LogP contribution in [0.2, 0.25) is 0 Å². The van der Waals surface area contributed by atoms with Crippen LogP contribution in [0.1, 0.15) is 5.56 Å². The molecular formula is C18H21F2N3O3. The van der Waals surface area contributed by atoms with E-state index in [1.54, 1.807) is 20.3 Å². The molecule has 2 aromatic rings. The van der Waals surface area contributed by atoms with Gasteiger partial charge in [0.25, 0.3) is 0 Å². The summed E-state index contributed by atoms with van der Waals surface area (Å²) in [6.45, 7) is 0.946. The summed E-state index contributed by atoms with van der Waals surface area (Å²) >= 11 is 0. The Bertz CT molecular complexity index is 769. The molecular weight excluding hydrogens is 344 g/mol. The molecule has 0 atom stereocenters. The van der Waals surface area contributed by atoms with E-state index in [0.29, 0.717) is 24.6 Å². The quantitative estimate of drug-likeness (QED) is 0.427. The molecule has 0 aliphatic heterocycles. The van der Waals surface area contributed by atoms with Crippen molar-refractivity contribution in [3.8, 4) is 17.2 Å². The summed E-state index contributed by atoms with van der Waals surface area (Å²) in [5.74, 6) is -0.124. The molecule has 2 rings (SSSR count). The molecule has 0 aromatic heterocycles. The van der Waals surface area contributed by atoms with Crippen LogP contribution in [0.15, 0.2) is 41.4 Å². The van der Waals surface area contributed by atoms with Crippen molar-refractivity contribution in [2.45, 2.75) is 6.54 Å². The van der Waals surface area contributed by atoms with Gasteiger partial charge >= 0.3 is 0 Å². The molecule has 0 aliphatic carbocycles. The maximum atomic E-state index is 13.1. The highest BCUT2D eigenvalue weighted by Gasteiger charge is 2.05. The van der Waals surface area contributed by atoms with Gasteiger partial charge in [0, 0.05) is 6.07 Å². The molecule has 3 N–H and O–H groups in total. The molecule has 2 aromatic carbocycles. The van der Waals surface area contributed by atoms with Gasteiger partial charge in [-0.3, -0.25) is 0 Å². The number of methoxy groups -OCH3 is 2. The van der Waals surface area contributed by atoms with Crippen LogP contribution in [0.3, 0.4) is 0 Å². The number of guanidine groups is 1. The maximum Gasteiger partial charge on any atom is 0.189 e. The normalized spacial score (nSPS) is 11.2. The lowest BCUT2D eigenvalue weighted by molar-refractivity contribution is 0.319. The largest absolute Gasteiger partial charge is 0.493 e. The van der Waals surface area contributed by atoms with Crippen LogP contribution in [-0.2, 0) is 6.54 Å². The Kier molecular flexibility index (Phi) is 7.02. The van der Waals surface area contributed by atoms with Crippen molar-refractivity contribution >= 4 is 5.96 Å². The van der Waals surface area contributed by atoms with Gasteiger partial charge in [-0.2, -0.15) is 0 Å². The third-order valence-corrected chi connectivity index (χ3v) is 3.45. The van der Waals surface area contributed by atoms with Crippen LogP contribution in [0.25, 0.3) is 0 Å². The first kappa shape index (κ1) is 19.3. The third kappa shape index (κ3) is 5.51. The van der Waals surface area contributed by atoms with E-state index in [2.05, 4.69) is 10.3 Å². The zero-order valence-corrected chi connectivity index (χ0v) is 14.6. The molecule has 0 amide bonds. The van der Waals surface area contributed by atoms with Crippen LogP contribution in [0, 0.1) is 11.6 Å². The molecule has 26 heavy (non-hydrogen) atoms. The van der Waals surface area contributed by atoms with E-state index >= 15 is 0 Å². The number of ether oxygens (including phenoxy) is 3. The first-order chi connectivity index (χ1) is 12.5. The minimum absolute atomic E-state index is 0.220. The highest BCUT2D eigenvalue weighted by molar-refractivity contribution is 5.77. The Morgan fingerprint density at radius 2 is 1.81 bits per heavy atom. The molecule has 140 valence electrons. The number of halogens is 2. The van der Waals surface area contributed by atoms with E-state index in [4.69, 9.17) is 19.9 Å². The zero-order chi connectivity index (χ0) is 18.9. The molecule has 0 unspecified atom stereocenters. The second kappa shape index (κ2) is 9.45. The highest BCUT2D eigenvalue weighted by Crippen LogP contribution is 2.27. The summed E-state index contributed by atoms with van der Waals surface area (Å²) in [7, 11) is 3.13. The maximum absolute atomic E-state index is 13.1. The number of rotatable bonds is 8. The summed E-state index contributed by atoms with van der Waals surface area (Å²) in [5.41, 5.74) is 6.70. The van der Waals surface area contributed by atoms with Crippen LogP contribution in [0.4, 0.5) is 8.78 Å². The Labute approximate surface area is 150 Å². The first-order valence-electron chi connectivity index (χ1n) is 7.86. The van der Waals surface area contributed by atoms with Crippen LogP contribution in [-0.4, -0.2) is 33.3 Å². The average molecular weight is 365 g/mol. The molecule has 0 saturated carbocycles. The van der Waals surface area contributed by atoms with Gasteiger partial charge in [0.15, 0.2) is 29.1 Å². The molecule has 0 spiro atoms. The summed E-state index contributed by atoms with van der Waals surface area (Å²) in [5, 5.41) is 2.88. The van der Waals surface area contributed by atoms with Gasteiger partial charge in [-0.05, 0) is 29.8 Å². The lowest BCUT2D eigenvalue weighted by Crippen LogP contribution is -2.34. The molecule has 0 saturated heterocycles. The second-order valence-electron chi connectivity index (χ2n) is 5.24. The zero-order valence-electron chi connectivity index (χ0n) is 14.6. The molecule has 0 fully saturated rings. The number of nitrogens with one attached hydrogen (secondary N) is 1. The Hall–Kier alpha value is -3.03. The number of benzene rings is 2. The molecule has 6 nitrogen and oxygen atoms in total. The molecule has 0 aliphatic rings. The van der Waals surface area contributed by atoms with Gasteiger partial charge in [-0.15, -0.1) is 0 Å². The van der Waals surface area contributed by atoms with Crippen molar-refractivity contribution in [1.82, 2.24) is 5.32 Å². The van der Waals surface area contributed by atoms with E-state index in [1.807, 2.05) is 12.1 Å². The Morgan fingerprint density at radius 3 is 2.50 bits per heavy atom. The van der Waals surface area contributed by atoms with Gasteiger partial charge in [-0.1, -0.05) is 6.07 Å². The van der Waals surface area contributed by atoms with Gasteiger partial charge in [0.2, 0.25) is 0 Å². The van der Waals surface area contributed by atoms with Crippen LogP contribution in [0.5, 0.6) is 17.2 Å². The summed E-state index contributed by atoms with van der Waals surface area (Å²) in [4.78, 5) is 4.22. The minimum atomic E-state index is -0.952. The van der Waals surface area contributed by atoms with E-state index in [0.717, 1.165) is 17.7 Å². The molecule has 0 heterocycles. The van der Waals surface area contributed by atoms with Crippen molar-refractivity contribution in [2.24, 2.45) is 10.7 Å². The van der Waals surface area contributed by atoms with Crippen molar-refractivity contribution in [3.05, 3.63) is 53.6 Å². The van der Waals surface area contributed by atoms with E-state index in [9.17, 15) is 8.78 Å². The standard InChI is InChI=1S/C18H21F2N3O3/c1-24-16-6-3-12(9-17(16)25-2)11-23-18(21)22-7-8-26-13-4-5-14(19)15(20)10-13/h3-6,9-10H,7-8,11H2,1-2H3,(H3,21,22,23). The highest BCUT2D eigenvalue weighted by atomic mass is 19.2. The van der Waals surface area contributed by atoms with Crippen LogP contribution < -0.4 is 25.3 Å². The topological polar surface area (TPSA) is 78.1 Å². The predicted molar refractivity (Wildman–Crippen MR) is 94.7 cm³/mol. The van der Waals surface area contributed by atoms with Crippen molar-refractivity contribution in [2.75, 3.05) is 27.4 Å². The van der Waals surface area contributed by atoms with Gasteiger partial charge in [-0.25, -0.2) is 13.8 Å². The monoisotopic (exact) mass is 365 g/mol. The lowest BCUT2D eigenvalue weighted by Gasteiger charge is -2.10. The second-order valence-corrected chi connectivity index (χ2v) is 5.24.